The minimum atomic E-state index is 0.226. The topological polar surface area (TPSA) is 12.0 Å². The molecule has 0 radical (unpaired) electrons. The van der Waals surface area contributed by atoms with Crippen molar-refractivity contribution in [2.24, 2.45) is 0 Å². The van der Waals surface area contributed by atoms with E-state index in [0.717, 1.165) is 18.5 Å². The summed E-state index contributed by atoms with van der Waals surface area (Å²) in [5.74, 6) is 0. The van der Waals surface area contributed by atoms with Crippen LogP contribution in [0.2, 0.25) is 10.0 Å². The maximum absolute atomic E-state index is 6.21. The summed E-state index contributed by atoms with van der Waals surface area (Å²) in [6, 6.07) is 16.1. The zero-order valence-corrected chi connectivity index (χ0v) is 12.4. The molecule has 1 unspecified atom stereocenters. The van der Waals surface area contributed by atoms with Crippen molar-refractivity contribution >= 4 is 28.9 Å². The summed E-state index contributed by atoms with van der Waals surface area (Å²) in [6.07, 6.45) is 2.13. The molecule has 2 aromatic rings. The second-order valence-corrected chi connectivity index (χ2v) is 5.31. The van der Waals surface area contributed by atoms with Gasteiger partial charge in [-0.3, -0.25) is 0 Å². The number of rotatable bonds is 5. The number of hydrogen-bond donors (Lipinski definition) is 1. The Balaban J connectivity index is 2.27. The molecule has 0 fully saturated rings. The molecule has 0 aliphatic rings. The highest BCUT2D eigenvalue weighted by Crippen LogP contribution is 2.34. The fourth-order valence-electron chi connectivity index (χ4n) is 2.11. The van der Waals surface area contributed by atoms with Crippen molar-refractivity contribution in [1.29, 1.82) is 0 Å². The highest BCUT2D eigenvalue weighted by molar-refractivity contribution is 6.39. The van der Waals surface area contributed by atoms with E-state index in [1.807, 2.05) is 36.4 Å². The second-order valence-electron chi connectivity index (χ2n) is 4.49. The quantitative estimate of drug-likeness (QED) is 0.718. The molecule has 19 heavy (non-hydrogen) atoms. The predicted molar refractivity (Wildman–Crippen MR) is 84.2 cm³/mol. The van der Waals surface area contributed by atoms with Crippen molar-refractivity contribution in [1.82, 2.24) is 0 Å². The summed E-state index contributed by atoms with van der Waals surface area (Å²) in [5.41, 5.74) is 2.06. The molecule has 0 heterocycles. The molecule has 0 spiro atoms. The van der Waals surface area contributed by atoms with Crippen LogP contribution in [0.3, 0.4) is 0 Å². The third-order valence-electron chi connectivity index (χ3n) is 3.06. The van der Waals surface area contributed by atoms with E-state index in [1.165, 1.54) is 5.56 Å². The Morgan fingerprint density at radius 2 is 1.58 bits per heavy atom. The van der Waals surface area contributed by atoms with Crippen LogP contribution in [0.5, 0.6) is 0 Å². The largest absolute Gasteiger partial charge is 0.376 e. The highest BCUT2D eigenvalue weighted by atomic mass is 35.5. The Hall–Kier alpha value is -1.18. The van der Waals surface area contributed by atoms with Gasteiger partial charge in [0.2, 0.25) is 0 Å². The molecule has 1 nitrogen and oxygen atoms in total. The van der Waals surface area contributed by atoms with Gasteiger partial charge in [-0.25, -0.2) is 0 Å². The van der Waals surface area contributed by atoms with E-state index >= 15 is 0 Å². The first kappa shape index (κ1) is 14.2. The van der Waals surface area contributed by atoms with E-state index < -0.39 is 0 Å². The van der Waals surface area contributed by atoms with Gasteiger partial charge in [0.1, 0.15) is 0 Å². The molecule has 1 atom stereocenters. The van der Waals surface area contributed by atoms with Crippen LogP contribution in [0.1, 0.15) is 31.4 Å². The summed E-state index contributed by atoms with van der Waals surface area (Å²) in [5, 5.41) is 4.78. The molecule has 0 saturated heterocycles. The average Bonchev–Trinajstić information content (AvgIpc) is 2.43. The van der Waals surface area contributed by atoms with Gasteiger partial charge in [0.05, 0.1) is 21.8 Å². The third-order valence-corrected chi connectivity index (χ3v) is 3.69. The van der Waals surface area contributed by atoms with Crippen LogP contribution in [0.15, 0.2) is 48.5 Å². The lowest BCUT2D eigenvalue weighted by atomic mass is 10.0. The zero-order valence-electron chi connectivity index (χ0n) is 10.9. The summed E-state index contributed by atoms with van der Waals surface area (Å²) >= 11 is 12.4. The molecule has 0 aromatic heterocycles. The lowest BCUT2D eigenvalue weighted by molar-refractivity contribution is 0.678. The first-order chi connectivity index (χ1) is 9.22. The second kappa shape index (κ2) is 6.83. The maximum Gasteiger partial charge on any atom is 0.0723 e. The van der Waals surface area contributed by atoms with E-state index in [2.05, 4.69) is 24.4 Å². The van der Waals surface area contributed by atoms with Gasteiger partial charge >= 0.3 is 0 Å². The molecule has 3 heteroatoms. The first-order valence-electron chi connectivity index (χ1n) is 6.48. The van der Waals surface area contributed by atoms with Crippen LogP contribution < -0.4 is 5.32 Å². The van der Waals surface area contributed by atoms with E-state index in [1.54, 1.807) is 0 Å². The van der Waals surface area contributed by atoms with Crippen LogP contribution in [0, 0.1) is 0 Å². The lowest BCUT2D eigenvalue weighted by Gasteiger charge is -2.21. The zero-order chi connectivity index (χ0) is 13.7. The molecule has 2 rings (SSSR count). The Kier molecular flexibility index (Phi) is 5.12. The van der Waals surface area contributed by atoms with Gasteiger partial charge < -0.3 is 5.32 Å². The molecule has 2 aromatic carbocycles. The summed E-state index contributed by atoms with van der Waals surface area (Å²) in [6.45, 7) is 2.17. The molecule has 0 bridgehead atoms. The normalized spacial score (nSPS) is 12.2. The van der Waals surface area contributed by atoms with Crippen LogP contribution >= 0.6 is 23.2 Å². The number of benzene rings is 2. The fraction of sp³-hybridized carbons (Fsp3) is 0.250. The molecular formula is C16H17Cl2N. The monoisotopic (exact) mass is 293 g/mol. The van der Waals surface area contributed by atoms with Crippen molar-refractivity contribution in [2.75, 3.05) is 5.32 Å². The SMILES string of the molecule is CCCC(Nc1c(Cl)cccc1Cl)c1ccccc1. The molecule has 100 valence electrons. The minimum Gasteiger partial charge on any atom is -0.376 e. The van der Waals surface area contributed by atoms with Crippen LogP contribution in [0.25, 0.3) is 0 Å². The van der Waals surface area contributed by atoms with E-state index in [4.69, 9.17) is 23.2 Å². The van der Waals surface area contributed by atoms with Crippen LogP contribution in [0.4, 0.5) is 5.69 Å². The van der Waals surface area contributed by atoms with Crippen LogP contribution in [-0.4, -0.2) is 0 Å². The van der Waals surface area contributed by atoms with Gasteiger partial charge in [-0.05, 0) is 24.1 Å². The molecule has 1 N–H and O–H groups in total. The van der Waals surface area contributed by atoms with Crippen molar-refractivity contribution in [3.8, 4) is 0 Å². The Morgan fingerprint density at radius 1 is 0.947 bits per heavy atom. The maximum atomic E-state index is 6.21. The number of nitrogens with one attached hydrogen (secondary N) is 1. The van der Waals surface area contributed by atoms with E-state index in [-0.39, 0.29) is 6.04 Å². The summed E-state index contributed by atoms with van der Waals surface area (Å²) in [4.78, 5) is 0. The Labute approximate surface area is 124 Å². The van der Waals surface area contributed by atoms with Crippen molar-refractivity contribution < 1.29 is 0 Å². The summed E-state index contributed by atoms with van der Waals surface area (Å²) in [7, 11) is 0. The minimum absolute atomic E-state index is 0.226. The molecule has 0 saturated carbocycles. The predicted octanol–water partition coefficient (Wildman–Crippen LogP) is 5.95. The van der Waals surface area contributed by atoms with Gasteiger partial charge in [0.25, 0.3) is 0 Å². The summed E-state index contributed by atoms with van der Waals surface area (Å²) < 4.78 is 0. The Morgan fingerprint density at radius 3 is 2.16 bits per heavy atom. The highest BCUT2D eigenvalue weighted by Gasteiger charge is 2.13. The molecule has 0 aliphatic heterocycles. The van der Waals surface area contributed by atoms with Crippen molar-refractivity contribution in [3.63, 3.8) is 0 Å². The van der Waals surface area contributed by atoms with Gasteiger partial charge in [0, 0.05) is 0 Å². The average molecular weight is 294 g/mol. The van der Waals surface area contributed by atoms with Gasteiger partial charge in [-0.2, -0.15) is 0 Å². The number of anilines is 1. The third kappa shape index (κ3) is 3.65. The van der Waals surface area contributed by atoms with E-state index in [9.17, 15) is 0 Å². The first-order valence-corrected chi connectivity index (χ1v) is 7.23. The molecular weight excluding hydrogens is 277 g/mol. The number of para-hydroxylation sites is 1. The van der Waals surface area contributed by atoms with Crippen molar-refractivity contribution in [2.45, 2.75) is 25.8 Å². The van der Waals surface area contributed by atoms with Gasteiger partial charge in [-0.15, -0.1) is 0 Å². The fourth-order valence-corrected chi connectivity index (χ4v) is 2.61. The molecule has 0 aliphatic carbocycles. The lowest BCUT2D eigenvalue weighted by Crippen LogP contribution is -2.11. The standard InChI is InChI=1S/C16H17Cl2N/c1-2-7-15(12-8-4-3-5-9-12)19-16-13(17)10-6-11-14(16)18/h3-6,8-11,15,19H,2,7H2,1H3. The van der Waals surface area contributed by atoms with Crippen molar-refractivity contribution in [3.05, 3.63) is 64.1 Å². The van der Waals surface area contributed by atoms with E-state index in [0.29, 0.717) is 10.0 Å². The Bertz CT molecular complexity index is 505. The van der Waals surface area contributed by atoms with Gasteiger partial charge in [0.15, 0.2) is 0 Å². The molecule has 0 amide bonds. The smallest absolute Gasteiger partial charge is 0.0723 e. The van der Waals surface area contributed by atoms with Crippen LogP contribution in [-0.2, 0) is 0 Å². The number of hydrogen-bond acceptors (Lipinski definition) is 1. The number of halogens is 2. The van der Waals surface area contributed by atoms with Gasteiger partial charge in [-0.1, -0.05) is 72.9 Å².